The molecule has 0 aromatic heterocycles. The van der Waals surface area contributed by atoms with Crippen LogP contribution in [0.4, 0.5) is 0 Å². The quantitative estimate of drug-likeness (QED) is 0.472. The van der Waals surface area contributed by atoms with Gasteiger partial charge in [-0.2, -0.15) is 0 Å². The van der Waals surface area contributed by atoms with E-state index in [0.717, 1.165) is 5.57 Å². The first-order valence-corrected chi connectivity index (χ1v) is 12.4. The Morgan fingerprint density at radius 2 is 1.97 bits per heavy atom. The second-order valence-electron chi connectivity index (χ2n) is 11.2. The summed E-state index contributed by atoms with van der Waals surface area (Å²) in [6, 6.07) is 0. The van der Waals surface area contributed by atoms with Crippen molar-refractivity contribution in [2.75, 3.05) is 0 Å². The van der Waals surface area contributed by atoms with Crippen LogP contribution >= 0.6 is 0 Å². The summed E-state index contributed by atoms with van der Waals surface area (Å²) in [7, 11) is 0. The van der Waals surface area contributed by atoms with Gasteiger partial charge < -0.3 is 24.4 Å². The summed E-state index contributed by atoms with van der Waals surface area (Å²) in [4.78, 5) is 24.4. The first-order valence-electron chi connectivity index (χ1n) is 12.4. The number of hydrogen-bond donors (Lipinski definition) is 2. The summed E-state index contributed by atoms with van der Waals surface area (Å²) < 4.78 is 18.4. The lowest BCUT2D eigenvalue weighted by Gasteiger charge is -2.47. The minimum Gasteiger partial charge on any atom is -0.458 e. The van der Waals surface area contributed by atoms with E-state index < -0.39 is 35.6 Å². The third kappa shape index (κ3) is 5.15. The van der Waals surface area contributed by atoms with Gasteiger partial charge in [-0.1, -0.05) is 27.4 Å². The number of aliphatic hydroxyl groups excluding tert-OH is 1. The molecule has 7 heteroatoms. The number of rotatable bonds is 5. The van der Waals surface area contributed by atoms with Crippen LogP contribution in [0.3, 0.4) is 0 Å². The molecule has 2 N–H and O–H groups in total. The van der Waals surface area contributed by atoms with E-state index in [1.807, 2.05) is 13.8 Å². The van der Waals surface area contributed by atoms with Gasteiger partial charge in [-0.3, -0.25) is 9.59 Å². The van der Waals surface area contributed by atoms with Crippen LogP contribution in [0.25, 0.3) is 0 Å². The maximum Gasteiger partial charge on any atom is 0.306 e. The van der Waals surface area contributed by atoms with Gasteiger partial charge in [0.05, 0.1) is 17.8 Å². The molecule has 1 saturated carbocycles. The number of aliphatic hydroxyl groups is 2. The lowest BCUT2D eigenvalue weighted by Crippen LogP contribution is -2.53. The maximum absolute atomic E-state index is 12.6. The molecule has 0 aromatic carbocycles. The van der Waals surface area contributed by atoms with Gasteiger partial charge in [0.1, 0.15) is 17.8 Å². The lowest BCUT2D eigenvalue weighted by atomic mass is 9.59. The third-order valence-electron chi connectivity index (χ3n) is 8.12. The highest BCUT2D eigenvalue weighted by Crippen LogP contribution is 2.56. The predicted molar refractivity (Wildman–Crippen MR) is 123 cm³/mol. The zero-order valence-electron chi connectivity index (χ0n) is 21.0. The van der Waals surface area contributed by atoms with Crippen LogP contribution in [0.1, 0.15) is 80.1 Å². The number of esters is 2. The maximum atomic E-state index is 12.6. The highest BCUT2D eigenvalue weighted by atomic mass is 16.6. The molecule has 3 fully saturated rings. The second-order valence-corrected chi connectivity index (χ2v) is 11.2. The molecular formula is C26H42O7. The predicted octanol–water partition coefficient (Wildman–Crippen LogP) is 3.55. The minimum atomic E-state index is -1.37. The van der Waals surface area contributed by atoms with E-state index in [1.165, 1.54) is 6.92 Å². The molecule has 0 radical (unpaired) electrons. The molecule has 0 aromatic rings. The molecule has 0 unspecified atom stereocenters. The van der Waals surface area contributed by atoms with Crippen LogP contribution in [0.2, 0.25) is 0 Å². The van der Waals surface area contributed by atoms with Crippen LogP contribution in [-0.4, -0.2) is 57.8 Å². The summed E-state index contributed by atoms with van der Waals surface area (Å²) in [5, 5.41) is 21.9. The molecule has 7 nitrogen and oxygen atoms in total. The summed E-state index contributed by atoms with van der Waals surface area (Å²) in [5.74, 6) is -0.383. The van der Waals surface area contributed by atoms with E-state index in [9.17, 15) is 19.8 Å². The van der Waals surface area contributed by atoms with Gasteiger partial charge in [-0.15, -0.1) is 0 Å². The largest absolute Gasteiger partial charge is 0.458 e. The standard InChI is InChI=1S/C26H42O7/c1-8-9-21(29)33-26(7)11-10-20(28)25(6,30)13-19-22-15(4)18(31-16(5)27)12-17(14(2)3)23(22)24(26)32-19/h14,17-20,22-24,28,30H,4,8-13H2,1-3,5-7H3/t17-,18+,19-,20+,22-,23-,24-,25-,26-/m1/s1. The van der Waals surface area contributed by atoms with Gasteiger partial charge in [0.2, 0.25) is 0 Å². The van der Waals surface area contributed by atoms with Crippen molar-refractivity contribution in [3.63, 3.8) is 0 Å². The molecule has 2 saturated heterocycles. The molecule has 2 bridgehead atoms. The Morgan fingerprint density at radius 3 is 2.55 bits per heavy atom. The van der Waals surface area contributed by atoms with Gasteiger partial charge in [-0.25, -0.2) is 0 Å². The number of fused-ring (bicyclic) bond motifs is 5. The number of carbonyl (C=O) groups is 2. The Morgan fingerprint density at radius 1 is 1.30 bits per heavy atom. The fourth-order valence-corrected chi connectivity index (χ4v) is 6.36. The molecule has 188 valence electrons. The van der Waals surface area contributed by atoms with Crippen LogP contribution in [0.15, 0.2) is 12.2 Å². The van der Waals surface area contributed by atoms with E-state index in [4.69, 9.17) is 14.2 Å². The topological polar surface area (TPSA) is 102 Å². The molecule has 3 aliphatic rings. The monoisotopic (exact) mass is 466 g/mol. The Bertz CT molecular complexity index is 760. The van der Waals surface area contributed by atoms with Crippen molar-refractivity contribution in [3.05, 3.63) is 12.2 Å². The fourth-order valence-electron chi connectivity index (χ4n) is 6.36. The van der Waals surface area contributed by atoms with E-state index in [1.54, 1.807) is 6.92 Å². The normalized spacial score (nSPS) is 43.3. The second kappa shape index (κ2) is 9.67. The molecule has 33 heavy (non-hydrogen) atoms. The Labute approximate surface area is 197 Å². The summed E-state index contributed by atoms with van der Waals surface area (Å²) in [5.41, 5.74) is -1.54. The van der Waals surface area contributed by atoms with Gasteiger partial charge in [0.15, 0.2) is 0 Å². The molecule has 2 heterocycles. The molecule has 1 aliphatic carbocycles. The van der Waals surface area contributed by atoms with Crippen molar-refractivity contribution in [1.82, 2.24) is 0 Å². The fraction of sp³-hybridized carbons (Fsp3) is 0.846. The lowest BCUT2D eigenvalue weighted by molar-refractivity contribution is -0.182. The van der Waals surface area contributed by atoms with Gasteiger partial charge in [-0.05, 0) is 56.9 Å². The van der Waals surface area contributed by atoms with E-state index >= 15 is 0 Å². The number of ether oxygens (including phenoxy) is 3. The van der Waals surface area contributed by atoms with Gasteiger partial charge in [0.25, 0.3) is 0 Å². The molecule has 9 atom stereocenters. The smallest absolute Gasteiger partial charge is 0.306 e. The molecule has 0 amide bonds. The van der Waals surface area contributed by atoms with Crippen LogP contribution in [0, 0.1) is 23.7 Å². The number of carbonyl (C=O) groups excluding carboxylic acids is 2. The Balaban J connectivity index is 2.08. The molecular weight excluding hydrogens is 424 g/mol. The summed E-state index contributed by atoms with van der Waals surface area (Å²) >= 11 is 0. The summed E-state index contributed by atoms with van der Waals surface area (Å²) in [6.07, 6.45) is 0.301. The molecule has 3 rings (SSSR count). The van der Waals surface area contributed by atoms with Crippen LogP contribution in [0.5, 0.6) is 0 Å². The Hall–Kier alpha value is -1.44. The first-order chi connectivity index (χ1) is 15.3. The van der Waals surface area contributed by atoms with Gasteiger partial charge in [0, 0.05) is 31.6 Å². The Kier molecular flexibility index (Phi) is 7.67. The average molecular weight is 467 g/mol. The van der Waals surface area contributed by atoms with E-state index in [-0.39, 0.29) is 42.0 Å². The zero-order chi connectivity index (χ0) is 24.7. The minimum absolute atomic E-state index is 0.000206. The van der Waals surface area contributed by atoms with E-state index in [0.29, 0.717) is 32.1 Å². The van der Waals surface area contributed by atoms with Crippen molar-refractivity contribution in [1.29, 1.82) is 0 Å². The van der Waals surface area contributed by atoms with Crippen molar-refractivity contribution in [3.8, 4) is 0 Å². The van der Waals surface area contributed by atoms with Crippen molar-refractivity contribution in [2.24, 2.45) is 23.7 Å². The van der Waals surface area contributed by atoms with Crippen molar-refractivity contribution >= 4 is 11.9 Å². The zero-order valence-corrected chi connectivity index (χ0v) is 21.0. The SMILES string of the molecule is C=C1[C@H]2[C@@H]([C@@H](C(C)C)C[C@@H]1OC(C)=O)[C@H]1O[C@@H]2C[C@@](C)(O)[C@@H](O)CC[C@@]1(C)OC(=O)CCC. The molecule has 0 spiro atoms. The highest BCUT2D eigenvalue weighted by molar-refractivity contribution is 5.70. The highest BCUT2D eigenvalue weighted by Gasteiger charge is 2.62. The van der Waals surface area contributed by atoms with E-state index in [2.05, 4.69) is 20.4 Å². The first kappa shape index (κ1) is 26.2. The third-order valence-corrected chi connectivity index (χ3v) is 8.12. The van der Waals surface area contributed by atoms with Crippen molar-refractivity contribution < 1.29 is 34.0 Å². The van der Waals surface area contributed by atoms with Crippen LogP contribution < -0.4 is 0 Å². The van der Waals surface area contributed by atoms with Gasteiger partial charge >= 0.3 is 11.9 Å². The average Bonchev–Trinajstić information content (AvgIpc) is 3.07. The van der Waals surface area contributed by atoms with Crippen molar-refractivity contribution in [2.45, 2.75) is 116 Å². The summed E-state index contributed by atoms with van der Waals surface area (Å²) in [6.45, 7) is 15.5. The number of hydrogen-bond acceptors (Lipinski definition) is 7. The molecule has 2 aliphatic heterocycles. The van der Waals surface area contributed by atoms with Crippen LogP contribution in [-0.2, 0) is 23.8 Å².